The highest BCUT2D eigenvalue weighted by Gasteiger charge is 2.02. The molecular weight excluding hydrogens is 342 g/mol. The molecule has 1 aromatic heterocycles. The fourth-order valence-corrected chi connectivity index (χ4v) is 2.52. The van der Waals surface area contributed by atoms with Gasteiger partial charge >= 0.3 is 0 Å². The molecule has 0 unspecified atom stereocenters. The van der Waals surface area contributed by atoms with Gasteiger partial charge in [-0.2, -0.15) is 0 Å². The minimum absolute atomic E-state index is 0.739. The molecule has 0 amide bonds. The van der Waals surface area contributed by atoms with Crippen LogP contribution in [0.4, 0.5) is 5.13 Å². The minimum Gasteiger partial charge on any atom is -0.356 e. The normalized spacial score (nSPS) is 10.3. The maximum atomic E-state index is 3.96. The number of halogens is 2. The van der Waals surface area contributed by atoms with E-state index in [4.69, 9.17) is 0 Å². The summed E-state index contributed by atoms with van der Waals surface area (Å²) in [6, 6.07) is 8.09. The van der Waals surface area contributed by atoms with Gasteiger partial charge in [-0.25, -0.2) is 0 Å². The van der Waals surface area contributed by atoms with E-state index in [1.165, 1.54) is 16.9 Å². The van der Waals surface area contributed by atoms with Crippen molar-refractivity contribution in [2.24, 2.45) is 0 Å². The van der Waals surface area contributed by atoms with Gasteiger partial charge in [-0.15, -0.1) is 10.2 Å². The summed E-state index contributed by atoms with van der Waals surface area (Å²) in [5.41, 5.74) is 1.20. The van der Waals surface area contributed by atoms with Crippen molar-refractivity contribution in [2.45, 2.75) is 6.54 Å². The van der Waals surface area contributed by atoms with E-state index >= 15 is 0 Å². The SMILES string of the molecule is Brc1nnc(NCc2ccccc2Br)s1. The van der Waals surface area contributed by atoms with Crippen LogP contribution in [-0.2, 0) is 6.54 Å². The number of hydrogen-bond acceptors (Lipinski definition) is 4. The maximum Gasteiger partial charge on any atom is 0.206 e. The molecule has 2 aromatic rings. The van der Waals surface area contributed by atoms with E-state index in [2.05, 4.69) is 53.4 Å². The number of rotatable bonds is 3. The lowest BCUT2D eigenvalue weighted by molar-refractivity contribution is 1.04. The van der Waals surface area contributed by atoms with E-state index in [0.29, 0.717) is 0 Å². The smallest absolute Gasteiger partial charge is 0.206 e. The van der Waals surface area contributed by atoms with E-state index in [1.807, 2.05) is 18.2 Å². The molecule has 1 heterocycles. The maximum absolute atomic E-state index is 3.96. The van der Waals surface area contributed by atoms with E-state index < -0.39 is 0 Å². The molecule has 3 nitrogen and oxygen atoms in total. The number of nitrogens with one attached hydrogen (secondary N) is 1. The fraction of sp³-hybridized carbons (Fsp3) is 0.111. The second-order valence-corrected chi connectivity index (χ2v) is 5.91. The van der Waals surface area contributed by atoms with Crippen LogP contribution in [0, 0.1) is 0 Å². The van der Waals surface area contributed by atoms with E-state index in [9.17, 15) is 0 Å². The minimum atomic E-state index is 0.739. The van der Waals surface area contributed by atoms with Crippen LogP contribution in [0.3, 0.4) is 0 Å². The fourth-order valence-electron chi connectivity index (χ4n) is 1.09. The highest BCUT2D eigenvalue weighted by atomic mass is 79.9. The number of aromatic nitrogens is 2. The first-order valence-corrected chi connectivity index (χ1v) is 6.62. The molecule has 1 N–H and O–H groups in total. The van der Waals surface area contributed by atoms with Crippen molar-refractivity contribution in [3.8, 4) is 0 Å². The predicted octanol–water partition coefficient (Wildman–Crippen LogP) is 3.68. The van der Waals surface area contributed by atoms with Crippen molar-refractivity contribution in [3.63, 3.8) is 0 Å². The second-order valence-electron chi connectivity index (χ2n) is 2.81. The summed E-state index contributed by atoms with van der Waals surface area (Å²) in [5.74, 6) is 0. The van der Waals surface area contributed by atoms with Gasteiger partial charge < -0.3 is 5.32 Å². The summed E-state index contributed by atoms with van der Waals surface area (Å²) >= 11 is 8.24. The number of benzene rings is 1. The van der Waals surface area contributed by atoms with Gasteiger partial charge in [-0.1, -0.05) is 45.5 Å². The summed E-state index contributed by atoms with van der Waals surface area (Å²) in [4.78, 5) is 0. The monoisotopic (exact) mass is 347 g/mol. The van der Waals surface area contributed by atoms with Gasteiger partial charge in [-0.3, -0.25) is 0 Å². The molecule has 0 aliphatic rings. The lowest BCUT2D eigenvalue weighted by atomic mass is 10.2. The van der Waals surface area contributed by atoms with Crippen molar-refractivity contribution < 1.29 is 0 Å². The van der Waals surface area contributed by atoms with E-state index in [1.54, 1.807) is 0 Å². The molecule has 0 bridgehead atoms. The molecule has 0 aliphatic carbocycles. The van der Waals surface area contributed by atoms with Gasteiger partial charge in [-0.05, 0) is 27.6 Å². The van der Waals surface area contributed by atoms with Crippen molar-refractivity contribution in [3.05, 3.63) is 38.2 Å². The third-order valence-corrected chi connectivity index (χ3v) is 3.88. The first kappa shape index (κ1) is 11.0. The Morgan fingerprint density at radius 3 is 2.67 bits per heavy atom. The zero-order valence-electron chi connectivity index (χ0n) is 7.58. The highest BCUT2D eigenvalue weighted by Crippen LogP contribution is 2.22. The zero-order valence-corrected chi connectivity index (χ0v) is 11.6. The average molecular weight is 349 g/mol. The van der Waals surface area contributed by atoms with Crippen molar-refractivity contribution >= 4 is 48.3 Å². The highest BCUT2D eigenvalue weighted by molar-refractivity contribution is 9.11. The average Bonchev–Trinajstić information content (AvgIpc) is 2.63. The summed E-state index contributed by atoms with van der Waals surface area (Å²) < 4.78 is 1.89. The largest absolute Gasteiger partial charge is 0.356 e. The van der Waals surface area contributed by atoms with Gasteiger partial charge in [0.2, 0.25) is 5.13 Å². The van der Waals surface area contributed by atoms with Crippen LogP contribution in [-0.4, -0.2) is 10.2 Å². The van der Waals surface area contributed by atoms with Crippen LogP contribution in [0.25, 0.3) is 0 Å². The molecular formula is C9H7Br2N3S. The Morgan fingerprint density at radius 2 is 2.00 bits per heavy atom. The molecule has 1 aromatic carbocycles. The van der Waals surface area contributed by atoms with E-state index in [0.717, 1.165) is 20.1 Å². The van der Waals surface area contributed by atoms with Crippen molar-refractivity contribution in [1.82, 2.24) is 10.2 Å². The predicted molar refractivity (Wildman–Crippen MR) is 69.1 cm³/mol. The molecule has 0 fully saturated rings. The Labute approximate surface area is 108 Å². The first-order chi connectivity index (χ1) is 7.25. The van der Waals surface area contributed by atoms with Crippen LogP contribution < -0.4 is 5.32 Å². The van der Waals surface area contributed by atoms with Crippen LogP contribution in [0.2, 0.25) is 0 Å². The van der Waals surface area contributed by atoms with Crippen molar-refractivity contribution in [2.75, 3.05) is 5.32 Å². The first-order valence-electron chi connectivity index (χ1n) is 4.22. The van der Waals surface area contributed by atoms with Crippen LogP contribution in [0.5, 0.6) is 0 Å². The van der Waals surface area contributed by atoms with Crippen LogP contribution >= 0.6 is 43.2 Å². The second kappa shape index (κ2) is 5.05. The van der Waals surface area contributed by atoms with Gasteiger partial charge in [0, 0.05) is 11.0 Å². The lowest BCUT2D eigenvalue weighted by Gasteiger charge is -2.03. The molecule has 0 saturated carbocycles. The third-order valence-electron chi connectivity index (χ3n) is 1.79. The lowest BCUT2D eigenvalue weighted by Crippen LogP contribution is -1.99. The molecule has 0 radical (unpaired) electrons. The Kier molecular flexibility index (Phi) is 3.71. The number of hydrogen-bond donors (Lipinski definition) is 1. The summed E-state index contributed by atoms with van der Waals surface area (Å²) in [6.45, 7) is 0.739. The van der Waals surface area contributed by atoms with Gasteiger partial charge in [0.1, 0.15) is 0 Å². The Bertz CT molecular complexity index is 458. The standard InChI is InChI=1S/C9H7Br2N3S/c10-7-4-2-1-3-6(7)5-12-9-14-13-8(11)15-9/h1-4H,5H2,(H,12,14). The summed E-state index contributed by atoms with van der Waals surface area (Å²) in [6.07, 6.45) is 0. The summed E-state index contributed by atoms with van der Waals surface area (Å²) in [7, 11) is 0. The van der Waals surface area contributed by atoms with Gasteiger partial charge in [0.05, 0.1) is 0 Å². The van der Waals surface area contributed by atoms with Gasteiger partial charge in [0.25, 0.3) is 0 Å². The molecule has 2 rings (SSSR count). The quantitative estimate of drug-likeness (QED) is 0.919. The Morgan fingerprint density at radius 1 is 1.20 bits per heavy atom. The molecule has 0 spiro atoms. The van der Waals surface area contributed by atoms with E-state index in [-0.39, 0.29) is 0 Å². The number of anilines is 1. The molecule has 0 atom stereocenters. The van der Waals surface area contributed by atoms with Gasteiger partial charge in [0.15, 0.2) is 3.92 Å². The molecule has 0 saturated heterocycles. The number of nitrogens with zero attached hydrogens (tertiary/aromatic N) is 2. The molecule has 0 aliphatic heterocycles. The molecule has 15 heavy (non-hydrogen) atoms. The Hall–Kier alpha value is -0.460. The molecule has 6 heteroatoms. The zero-order chi connectivity index (χ0) is 10.7. The molecule has 78 valence electrons. The third kappa shape index (κ3) is 2.99. The topological polar surface area (TPSA) is 37.8 Å². The van der Waals surface area contributed by atoms with Crippen molar-refractivity contribution in [1.29, 1.82) is 0 Å². The summed E-state index contributed by atoms with van der Waals surface area (Å²) in [5, 5.41) is 11.8. The Balaban J connectivity index is 2.02. The van der Waals surface area contributed by atoms with Crippen LogP contribution in [0.15, 0.2) is 32.7 Å². The van der Waals surface area contributed by atoms with Crippen LogP contribution in [0.1, 0.15) is 5.56 Å².